The molecule has 0 unspecified atom stereocenters. The van der Waals surface area contributed by atoms with Crippen LogP contribution in [0.25, 0.3) is 0 Å². The summed E-state index contributed by atoms with van der Waals surface area (Å²) in [7, 11) is 5.64. The van der Waals surface area contributed by atoms with Crippen LogP contribution in [0.2, 0.25) is 0 Å². The Balaban J connectivity index is 0. The van der Waals surface area contributed by atoms with Crippen molar-refractivity contribution in [3.63, 3.8) is 0 Å². The molecule has 222 valence electrons. The molecular weight excluding hydrogens is 566 g/mol. The van der Waals surface area contributed by atoms with Crippen molar-refractivity contribution in [1.82, 2.24) is 0 Å². The minimum atomic E-state index is -1.04. The number of hydrogen-bond donors (Lipinski definition) is 0. The molecule has 0 N–H and O–H groups in total. The highest BCUT2D eigenvalue weighted by Crippen LogP contribution is 2.08. The largest absolute Gasteiger partial charge is 1.00 e. The van der Waals surface area contributed by atoms with Crippen LogP contribution in [-0.4, -0.2) is 94.0 Å². The normalized spacial score (nSPS) is 11.7. The van der Waals surface area contributed by atoms with E-state index in [9.17, 15) is 24.0 Å². The zero-order chi connectivity index (χ0) is 28.3. The number of unbranched alkanes of at least 4 members (excludes halogenated alkanes) is 4. The molecule has 0 spiro atoms. The van der Waals surface area contributed by atoms with E-state index in [0.717, 1.165) is 25.7 Å². The SMILES string of the molecule is CCCCCC(=O)OCC(COC(=O)CCCCC)OC(=O)COC(=O)C[C@@H](C[N+](C)(C)C)OC(C)=O.[Br-]. The standard InChI is InChI=1S/C26H46NO10.BrH/c1-7-9-11-13-23(29)33-17-22(18-34-24(30)14-12-10-8-2)37-26(32)19-35-25(31)15-21(36-20(3)28)16-27(4,5)6;/h21-22H,7-19H2,1-6H3;1H/q+1;/p-1/t21-;/m0./s1. The van der Waals surface area contributed by atoms with Gasteiger partial charge in [-0.15, -0.1) is 0 Å². The van der Waals surface area contributed by atoms with Crippen LogP contribution < -0.4 is 17.0 Å². The van der Waals surface area contributed by atoms with Crippen molar-refractivity contribution in [2.75, 3.05) is 47.5 Å². The van der Waals surface area contributed by atoms with Gasteiger partial charge in [0.25, 0.3) is 0 Å². The Morgan fingerprint density at radius 3 is 1.58 bits per heavy atom. The molecule has 0 rings (SSSR count). The molecule has 0 saturated carbocycles. The first-order valence-corrected chi connectivity index (χ1v) is 13.0. The average Bonchev–Trinajstić information content (AvgIpc) is 2.78. The summed E-state index contributed by atoms with van der Waals surface area (Å²) in [4.78, 5) is 59.7. The summed E-state index contributed by atoms with van der Waals surface area (Å²) in [6, 6.07) is 0. The fourth-order valence-corrected chi connectivity index (χ4v) is 3.26. The quantitative estimate of drug-likeness (QED) is 0.0783. The first-order chi connectivity index (χ1) is 17.4. The van der Waals surface area contributed by atoms with E-state index in [1.807, 2.05) is 35.0 Å². The predicted octanol–water partition coefficient (Wildman–Crippen LogP) is -0.280. The monoisotopic (exact) mass is 611 g/mol. The number of carbonyl (C=O) groups is 5. The Morgan fingerprint density at radius 1 is 0.658 bits per heavy atom. The lowest BCUT2D eigenvalue weighted by molar-refractivity contribution is -0.873. The lowest BCUT2D eigenvalue weighted by Gasteiger charge is -2.28. The highest BCUT2D eigenvalue weighted by atomic mass is 79.9. The van der Waals surface area contributed by atoms with Crippen molar-refractivity contribution in [3.05, 3.63) is 0 Å². The summed E-state index contributed by atoms with van der Waals surface area (Å²) in [5.41, 5.74) is 0. The molecule has 38 heavy (non-hydrogen) atoms. The fourth-order valence-electron chi connectivity index (χ4n) is 3.26. The smallest absolute Gasteiger partial charge is 0.344 e. The van der Waals surface area contributed by atoms with E-state index in [1.54, 1.807) is 0 Å². The van der Waals surface area contributed by atoms with E-state index in [0.29, 0.717) is 23.9 Å². The van der Waals surface area contributed by atoms with Gasteiger partial charge in [-0.3, -0.25) is 19.2 Å². The number of halogens is 1. The van der Waals surface area contributed by atoms with Crippen LogP contribution in [0.4, 0.5) is 0 Å². The summed E-state index contributed by atoms with van der Waals surface area (Å²) in [5, 5.41) is 0. The van der Waals surface area contributed by atoms with Gasteiger partial charge in [0.1, 0.15) is 19.8 Å². The first kappa shape index (κ1) is 37.9. The van der Waals surface area contributed by atoms with Gasteiger partial charge in [-0.1, -0.05) is 39.5 Å². The Bertz CT molecular complexity index is 697. The maximum Gasteiger partial charge on any atom is 0.344 e. The number of hydrogen-bond acceptors (Lipinski definition) is 10. The van der Waals surface area contributed by atoms with Gasteiger partial charge in [0.05, 0.1) is 27.6 Å². The molecule has 1 atom stereocenters. The van der Waals surface area contributed by atoms with Crippen LogP contribution in [0.1, 0.15) is 78.6 Å². The van der Waals surface area contributed by atoms with Crippen molar-refractivity contribution in [1.29, 1.82) is 0 Å². The molecule has 11 nitrogen and oxygen atoms in total. The highest BCUT2D eigenvalue weighted by molar-refractivity contribution is 5.77. The summed E-state index contributed by atoms with van der Waals surface area (Å²) in [6.45, 7) is 4.38. The molecule has 0 aromatic rings. The second-order valence-electron chi connectivity index (χ2n) is 9.96. The predicted molar refractivity (Wildman–Crippen MR) is 134 cm³/mol. The average molecular weight is 613 g/mol. The van der Waals surface area contributed by atoms with Gasteiger partial charge in [-0.25, -0.2) is 4.79 Å². The summed E-state index contributed by atoms with van der Waals surface area (Å²) < 4.78 is 26.2. The number of carbonyl (C=O) groups excluding carboxylic acids is 5. The number of nitrogens with zero attached hydrogens (tertiary/aromatic N) is 1. The van der Waals surface area contributed by atoms with Gasteiger partial charge in [0, 0.05) is 19.8 Å². The molecule has 0 bridgehead atoms. The van der Waals surface area contributed by atoms with Gasteiger partial charge in [0.2, 0.25) is 0 Å². The Kier molecular flexibility index (Phi) is 21.7. The Hall–Kier alpha value is -2.21. The van der Waals surface area contributed by atoms with Gasteiger partial charge in [-0.05, 0) is 12.8 Å². The van der Waals surface area contributed by atoms with E-state index >= 15 is 0 Å². The van der Waals surface area contributed by atoms with E-state index < -0.39 is 48.7 Å². The van der Waals surface area contributed by atoms with Crippen LogP contribution in [-0.2, 0) is 47.7 Å². The number of esters is 5. The van der Waals surface area contributed by atoms with Crippen molar-refractivity contribution < 1.29 is 69.1 Å². The number of likely N-dealkylation sites (N-methyl/N-ethyl adjacent to an activating group) is 1. The Morgan fingerprint density at radius 2 is 1.16 bits per heavy atom. The molecule has 0 aromatic heterocycles. The molecule has 0 saturated heterocycles. The zero-order valence-corrected chi connectivity index (χ0v) is 25.3. The molecule has 0 aromatic carbocycles. The van der Waals surface area contributed by atoms with Crippen LogP contribution in [0.3, 0.4) is 0 Å². The minimum absolute atomic E-state index is 0. The number of ether oxygens (including phenoxy) is 5. The molecule has 0 heterocycles. The van der Waals surface area contributed by atoms with Gasteiger partial charge in [-0.2, -0.15) is 0 Å². The maximum atomic E-state index is 12.3. The third-order valence-electron chi connectivity index (χ3n) is 4.96. The molecule has 12 heteroatoms. The molecular formula is C26H46BrNO10. The van der Waals surface area contributed by atoms with Crippen molar-refractivity contribution in [2.24, 2.45) is 0 Å². The summed E-state index contributed by atoms with van der Waals surface area (Å²) >= 11 is 0. The third-order valence-corrected chi connectivity index (χ3v) is 4.96. The molecule has 0 fully saturated rings. The molecule has 0 aliphatic carbocycles. The lowest BCUT2D eigenvalue weighted by Crippen LogP contribution is -3.00. The van der Waals surface area contributed by atoms with Crippen LogP contribution >= 0.6 is 0 Å². The van der Waals surface area contributed by atoms with Crippen molar-refractivity contribution >= 4 is 29.8 Å². The maximum absolute atomic E-state index is 12.3. The van der Waals surface area contributed by atoms with Gasteiger partial charge >= 0.3 is 29.8 Å². The minimum Gasteiger partial charge on any atom is -1.00 e. The van der Waals surface area contributed by atoms with Crippen LogP contribution in [0, 0.1) is 0 Å². The van der Waals surface area contributed by atoms with Crippen LogP contribution in [0.5, 0.6) is 0 Å². The topological polar surface area (TPSA) is 132 Å². The summed E-state index contributed by atoms with van der Waals surface area (Å²) in [6.07, 6.45) is 3.55. The van der Waals surface area contributed by atoms with E-state index in [2.05, 4.69) is 0 Å². The van der Waals surface area contributed by atoms with Crippen LogP contribution in [0.15, 0.2) is 0 Å². The molecule has 0 aliphatic rings. The fraction of sp³-hybridized carbons (Fsp3) is 0.808. The molecule has 0 radical (unpaired) electrons. The number of rotatable bonds is 20. The third kappa shape index (κ3) is 22.9. The van der Waals surface area contributed by atoms with Gasteiger partial charge in [0.15, 0.2) is 18.8 Å². The van der Waals surface area contributed by atoms with E-state index in [-0.39, 0.29) is 49.5 Å². The molecule has 0 amide bonds. The first-order valence-electron chi connectivity index (χ1n) is 13.0. The zero-order valence-electron chi connectivity index (χ0n) is 23.8. The van der Waals surface area contributed by atoms with E-state index in [4.69, 9.17) is 23.7 Å². The Labute approximate surface area is 237 Å². The molecule has 0 aliphatic heterocycles. The summed E-state index contributed by atoms with van der Waals surface area (Å²) in [5.74, 6) is -3.04. The van der Waals surface area contributed by atoms with Crippen molar-refractivity contribution in [2.45, 2.75) is 90.8 Å². The number of quaternary nitrogens is 1. The highest BCUT2D eigenvalue weighted by Gasteiger charge is 2.26. The van der Waals surface area contributed by atoms with Gasteiger partial charge < -0.3 is 45.1 Å². The van der Waals surface area contributed by atoms with Crippen molar-refractivity contribution in [3.8, 4) is 0 Å². The lowest BCUT2D eigenvalue weighted by atomic mass is 10.2. The second kappa shape index (κ2) is 21.7. The second-order valence-corrected chi connectivity index (χ2v) is 9.96. The van der Waals surface area contributed by atoms with E-state index in [1.165, 1.54) is 6.92 Å².